The number of carbonyl (C=O) groups excluding carboxylic acids is 3. The summed E-state index contributed by atoms with van der Waals surface area (Å²) in [6.07, 6.45) is -0.383. The SMILES string of the molecule is CCOC(=O)C1=C(C(=O)OCC)N(CC2CC(c3ccc(F)cc3)=NO2)C(=O)NC1c1ccc(Cl)c(Cl)c1. The van der Waals surface area contributed by atoms with Gasteiger partial charge in [0.15, 0.2) is 6.10 Å². The molecule has 2 aromatic rings. The fourth-order valence-electron chi connectivity index (χ4n) is 4.16. The van der Waals surface area contributed by atoms with E-state index >= 15 is 0 Å². The Balaban J connectivity index is 1.71. The van der Waals surface area contributed by atoms with Crippen molar-refractivity contribution in [2.45, 2.75) is 32.4 Å². The molecule has 0 aromatic heterocycles. The largest absolute Gasteiger partial charge is 0.463 e. The number of ether oxygens (including phenoxy) is 2. The lowest BCUT2D eigenvalue weighted by molar-refractivity contribution is -0.143. The van der Waals surface area contributed by atoms with Crippen LogP contribution in [0.5, 0.6) is 0 Å². The number of oxime groups is 1. The summed E-state index contributed by atoms with van der Waals surface area (Å²) in [5.74, 6) is -2.08. The maximum absolute atomic E-state index is 13.4. The molecule has 2 aliphatic heterocycles. The van der Waals surface area contributed by atoms with E-state index in [1.807, 2.05) is 0 Å². The standard InChI is InChI=1S/C26H24Cl2FN3O6/c1-3-36-24(33)21-22(15-7-10-18(27)19(28)11-15)30-26(35)32(23(21)25(34)37-4-2)13-17-12-20(31-38-17)14-5-8-16(29)9-6-14/h5-11,17,22H,3-4,12-13H2,1-2H3,(H,30,35). The fraction of sp³-hybridized carbons (Fsp3) is 0.308. The van der Waals surface area contributed by atoms with E-state index in [1.165, 1.54) is 24.3 Å². The number of nitrogens with zero attached hydrogens (tertiary/aromatic N) is 2. The van der Waals surface area contributed by atoms with E-state index in [1.54, 1.807) is 32.0 Å². The van der Waals surface area contributed by atoms with E-state index in [9.17, 15) is 18.8 Å². The smallest absolute Gasteiger partial charge is 0.355 e. The van der Waals surface area contributed by atoms with Gasteiger partial charge in [0.2, 0.25) is 0 Å². The number of amides is 2. The molecule has 0 fully saturated rings. The van der Waals surface area contributed by atoms with Gasteiger partial charge in [0.1, 0.15) is 11.5 Å². The van der Waals surface area contributed by atoms with Gasteiger partial charge < -0.3 is 19.6 Å². The quantitative estimate of drug-likeness (QED) is 0.463. The number of carbonyl (C=O) groups is 3. The summed E-state index contributed by atoms with van der Waals surface area (Å²) in [4.78, 5) is 46.4. The van der Waals surface area contributed by atoms with Crippen molar-refractivity contribution in [1.82, 2.24) is 10.2 Å². The Morgan fingerprint density at radius 2 is 1.76 bits per heavy atom. The number of hydrogen-bond donors (Lipinski definition) is 1. The predicted molar refractivity (Wildman–Crippen MR) is 137 cm³/mol. The lowest BCUT2D eigenvalue weighted by Gasteiger charge is -2.36. The fourth-order valence-corrected chi connectivity index (χ4v) is 4.47. The average molecular weight is 564 g/mol. The highest BCUT2D eigenvalue weighted by Gasteiger charge is 2.43. The van der Waals surface area contributed by atoms with Gasteiger partial charge in [-0.15, -0.1) is 0 Å². The van der Waals surface area contributed by atoms with Gasteiger partial charge in [-0.25, -0.2) is 18.8 Å². The minimum Gasteiger partial charge on any atom is -0.463 e. The van der Waals surface area contributed by atoms with Crippen LogP contribution < -0.4 is 5.32 Å². The first-order chi connectivity index (χ1) is 18.2. The van der Waals surface area contributed by atoms with Crippen LogP contribution in [0.15, 0.2) is 58.9 Å². The maximum atomic E-state index is 13.4. The van der Waals surface area contributed by atoms with Gasteiger partial charge in [0.05, 0.1) is 47.1 Å². The Bertz CT molecular complexity index is 1310. The molecule has 2 aliphatic rings. The van der Waals surface area contributed by atoms with Crippen molar-refractivity contribution in [1.29, 1.82) is 0 Å². The highest BCUT2D eigenvalue weighted by Crippen LogP contribution is 2.35. The van der Waals surface area contributed by atoms with Crippen molar-refractivity contribution in [2.24, 2.45) is 5.16 Å². The van der Waals surface area contributed by atoms with Crippen molar-refractivity contribution in [2.75, 3.05) is 19.8 Å². The van der Waals surface area contributed by atoms with Gasteiger partial charge in [-0.2, -0.15) is 0 Å². The van der Waals surface area contributed by atoms with Gasteiger partial charge in [-0.1, -0.05) is 46.6 Å². The second kappa shape index (κ2) is 11.8. The van der Waals surface area contributed by atoms with Crippen molar-refractivity contribution < 1.29 is 33.1 Å². The molecule has 12 heteroatoms. The van der Waals surface area contributed by atoms with E-state index < -0.39 is 30.1 Å². The third kappa shape index (κ3) is 5.76. The average Bonchev–Trinajstić information content (AvgIpc) is 3.35. The van der Waals surface area contributed by atoms with Gasteiger partial charge in [-0.3, -0.25) is 4.90 Å². The molecule has 9 nitrogen and oxygen atoms in total. The van der Waals surface area contributed by atoms with Crippen molar-refractivity contribution in [3.05, 3.63) is 80.7 Å². The molecule has 2 amide bonds. The van der Waals surface area contributed by atoms with Crippen LogP contribution in [-0.2, 0) is 23.9 Å². The molecule has 2 unspecified atom stereocenters. The zero-order chi connectivity index (χ0) is 27.4. The molecule has 38 heavy (non-hydrogen) atoms. The van der Waals surface area contributed by atoms with Gasteiger partial charge >= 0.3 is 18.0 Å². The summed E-state index contributed by atoms with van der Waals surface area (Å²) in [6, 6.07) is 8.61. The number of nitrogens with one attached hydrogen (secondary N) is 1. The summed E-state index contributed by atoms with van der Waals surface area (Å²) in [7, 11) is 0. The molecule has 1 N–H and O–H groups in total. The molecular formula is C26H24Cl2FN3O6. The Hall–Kier alpha value is -3.63. The molecule has 0 spiro atoms. The molecule has 4 rings (SSSR count). The molecule has 2 aromatic carbocycles. The molecule has 0 bridgehead atoms. The highest BCUT2D eigenvalue weighted by molar-refractivity contribution is 6.42. The summed E-state index contributed by atoms with van der Waals surface area (Å²) in [5, 5.41) is 7.30. The second-order valence-electron chi connectivity index (χ2n) is 8.35. The number of rotatable bonds is 8. The normalized spacial score (nSPS) is 19.0. The topological polar surface area (TPSA) is 107 Å². The summed E-state index contributed by atoms with van der Waals surface area (Å²) in [5.41, 5.74) is 1.22. The molecule has 200 valence electrons. The minimum atomic E-state index is -1.07. The van der Waals surface area contributed by atoms with E-state index in [0.29, 0.717) is 16.8 Å². The van der Waals surface area contributed by atoms with Crippen LogP contribution in [0.1, 0.15) is 37.4 Å². The van der Waals surface area contributed by atoms with E-state index in [0.717, 1.165) is 4.90 Å². The van der Waals surface area contributed by atoms with Crippen LogP contribution >= 0.6 is 23.2 Å². The third-order valence-corrected chi connectivity index (χ3v) is 6.60. The summed E-state index contributed by atoms with van der Waals surface area (Å²) >= 11 is 12.2. The first kappa shape index (κ1) is 27.4. The first-order valence-electron chi connectivity index (χ1n) is 11.8. The van der Waals surface area contributed by atoms with Crippen molar-refractivity contribution in [3.63, 3.8) is 0 Å². The monoisotopic (exact) mass is 563 g/mol. The Morgan fingerprint density at radius 3 is 2.42 bits per heavy atom. The molecule has 0 aliphatic carbocycles. The molecule has 0 radical (unpaired) electrons. The van der Waals surface area contributed by atoms with E-state index in [4.69, 9.17) is 37.5 Å². The zero-order valence-corrected chi connectivity index (χ0v) is 22.0. The molecule has 0 saturated heterocycles. The molecular weight excluding hydrogens is 540 g/mol. The van der Waals surface area contributed by atoms with Crippen LogP contribution in [0.25, 0.3) is 0 Å². The van der Waals surface area contributed by atoms with Gasteiger partial charge in [0.25, 0.3) is 0 Å². The van der Waals surface area contributed by atoms with Crippen LogP contribution in [0.4, 0.5) is 9.18 Å². The lowest BCUT2D eigenvalue weighted by atomic mass is 9.94. The zero-order valence-electron chi connectivity index (χ0n) is 20.5. The van der Waals surface area contributed by atoms with Crippen molar-refractivity contribution >= 4 is 46.9 Å². The number of esters is 2. The minimum absolute atomic E-state index is 0.00307. The predicted octanol–water partition coefficient (Wildman–Crippen LogP) is 4.77. The molecule has 2 heterocycles. The van der Waals surface area contributed by atoms with Crippen LogP contribution in [0.3, 0.4) is 0 Å². The van der Waals surface area contributed by atoms with Crippen LogP contribution in [0.2, 0.25) is 10.0 Å². The summed E-state index contributed by atoms with van der Waals surface area (Å²) < 4.78 is 23.8. The molecule has 0 saturated carbocycles. The van der Waals surface area contributed by atoms with E-state index in [-0.39, 0.29) is 53.3 Å². The number of hydrogen-bond acceptors (Lipinski definition) is 7. The van der Waals surface area contributed by atoms with Crippen molar-refractivity contribution in [3.8, 4) is 0 Å². The lowest BCUT2D eigenvalue weighted by Crippen LogP contribution is -2.52. The van der Waals surface area contributed by atoms with E-state index in [2.05, 4.69) is 10.5 Å². The number of benzene rings is 2. The Morgan fingerprint density at radius 1 is 1.08 bits per heavy atom. The molecule has 2 atom stereocenters. The third-order valence-electron chi connectivity index (χ3n) is 5.86. The van der Waals surface area contributed by atoms with Gasteiger partial charge in [0, 0.05) is 6.42 Å². The van der Waals surface area contributed by atoms with Crippen LogP contribution in [0, 0.1) is 5.82 Å². The summed E-state index contributed by atoms with van der Waals surface area (Å²) in [6.45, 7) is 3.13. The van der Waals surface area contributed by atoms with Crippen LogP contribution in [-0.4, -0.2) is 54.4 Å². The number of halogens is 3. The van der Waals surface area contributed by atoms with Gasteiger partial charge in [-0.05, 0) is 49.2 Å². The highest BCUT2D eigenvalue weighted by atomic mass is 35.5. The maximum Gasteiger partial charge on any atom is 0.355 e. The Labute approximate surface area is 228 Å². The second-order valence-corrected chi connectivity index (χ2v) is 9.16. The Kier molecular flexibility index (Phi) is 8.53. The first-order valence-corrected chi connectivity index (χ1v) is 12.6. The number of urea groups is 1.